The van der Waals surface area contributed by atoms with E-state index in [9.17, 15) is 9.59 Å². The third kappa shape index (κ3) is 5.53. The van der Waals surface area contributed by atoms with Crippen LogP contribution in [0.15, 0.2) is 42.5 Å². The number of nitrogens with zero attached hydrogens (tertiary/aromatic N) is 1. The fourth-order valence-corrected chi connectivity index (χ4v) is 4.60. The summed E-state index contributed by atoms with van der Waals surface area (Å²) in [5.41, 5.74) is 2.83. The number of thioether (sulfide) groups is 1. The summed E-state index contributed by atoms with van der Waals surface area (Å²) >= 11 is 1.56. The zero-order chi connectivity index (χ0) is 21.6. The first-order valence-electron chi connectivity index (χ1n) is 10.7. The van der Waals surface area contributed by atoms with Crippen LogP contribution in [-0.2, 0) is 10.5 Å². The molecule has 0 saturated carbocycles. The van der Waals surface area contributed by atoms with Crippen LogP contribution in [0, 0.1) is 0 Å². The summed E-state index contributed by atoms with van der Waals surface area (Å²) in [6.45, 7) is 4.78. The molecule has 2 aromatic rings. The molecule has 164 valence electrons. The number of carbonyl (C=O) groups excluding carboxylic acids is 2. The third-order valence-electron chi connectivity index (χ3n) is 5.54. The highest BCUT2D eigenvalue weighted by molar-refractivity contribution is 7.99. The first-order valence-corrected chi connectivity index (χ1v) is 11.9. The molecule has 4 rings (SSSR count). The van der Waals surface area contributed by atoms with E-state index in [-0.39, 0.29) is 17.9 Å². The zero-order valence-corrected chi connectivity index (χ0v) is 18.6. The molecule has 1 saturated heterocycles. The molecule has 2 aliphatic rings. The standard InChI is InChI=1S/C24H28N2O4S/c1-17(20-8-9-21-22(14-20)30-13-12-29-21)25-23(27)16-31-15-18-4-6-19(7-5-18)24(28)26-10-2-3-11-26/h4-9,14,17H,2-3,10-13,15-16H2,1H3,(H,25,27)/t17-/m0/s1. The first kappa shape index (κ1) is 21.6. The van der Waals surface area contributed by atoms with Crippen LogP contribution < -0.4 is 14.8 Å². The Balaban J connectivity index is 1.22. The molecule has 0 aromatic heterocycles. The van der Waals surface area contributed by atoms with E-state index in [1.165, 1.54) is 0 Å². The fraction of sp³-hybridized carbons (Fsp3) is 0.417. The SMILES string of the molecule is C[C@H](NC(=O)CSCc1ccc(C(=O)N2CCCC2)cc1)c1ccc2c(c1)OCCO2. The molecule has 0 unspecified atom stereocenters. The van der Waals surface area contributed by atoms with E-state index in [0.29, 0.717) is 19.0 Å². The van der Waals surface area contributed by atoms with Crippen molar-refractivity contribution in [3.05, 3.63) is 59.2 Å². The minimum atomic E-state index is -0.111. The molecule has 0 aliphatic carbocycles. The van der Waals surface area contributed by atoms with Crippen molar-refractivity contribution in [2.75, 3.05) is 32.1 Å². The number of ether oxygens (including phenoxy) is 2. The van der Waals surface area contributed by atoms with Gasteiger partial charge in [-0.15, -0.1) is 11.8 Å². The van der Waals surface area contributed by atoms with Gasteiger partial charge in [0, 0.05) is 24.4 Å². The number of likely N-dealkylation sites (tertiary alicyclic amines) is 1. The number of hydrogen-bond acceptors (Lipinski definition) is 5. The number of benzene rings is 2. The molecule has 2 aromatic carbocycles. The van der Waals surface area contributed by atoms with Crippen LogP contribution in [0.3, 0.4) is 0 Å². The Bertz CT molecular complexity index is 926. The Morgan fingerprint density at radius 3 is 2.48 bits per heavy atom. The van der Waals surface area contributed by atoms with Crippen LogP contribution in [0.4, 0.5) is 0 Å². The molecule has 6 nitrogen and oxygen atoms in total. The smallest absolute Gasteiger partial charge is 0.253 e. The van der Waals surface area contributed by atoms with E-state index in [4.69, 9.17) is 9.47 Å². The lowest BCUT2D eigenvalue weighted by molar-refractivity contribution is -0.119. The Labute approximate surface area is 187 Å². The summed E-state index contributed by atoms with van der Waals surface area (Å²) in [5, 5.41) is 3.04. The van der Waals surface area contributed by atoms with Crippen LogP contribution in [0.1, 0.15) is 47.3 Å². The molecule has 0 radical (unpaired) electrons. The molecular formula is C24H28N2O4S. The molecule has 0 spiro atoms. The summed E-state index contributed by atoms with van der Waals surface area (Å²) in [4.78, 5) is 26.7. The average molecular weight is 441 g/mol. The van der Waals surface area contributed by atoms with Crippen LogP contribution in [0.25, 0.3) is 0 Å². The van der Waals surface area contributed by atoms with Crippen LogP contribution in [0.5, 0.6) is 11.5 Å². The van der Waals surface area contributed by atoms with Gasteiger partial charge in [0.2, 0.25) is 5.91 Å². The van der Waals surface area contributed by atoms with Gasteiger partial charge in [0.25, 0.3) is 5.91 Å². The van der Waals surface area contributed by atoms with E-state index >= 15 is 0 Å². The number of nitrogens with one attached hydrogen (secondary N) is 1. The van der Waals surface area contributed by atoms with Crippen molar-refractivity contribution in [2.24, 2.45) is 0 Å². The number of fused-ring (bicyclic) bond motifs is 1. The first-order chi connectivity index (χ1) is 15.1. The Kier molecular flexibility index (Phi) is 7.02. The van der Waals surface area contributed by atoms with Crippen molar-refractivity contribution in [1.29, 1.82) is 0 Å². The van der Waals surface area contributed by atoms with E-state index in [0.717, 1.165) is 59.9 Å². The van der Waals surface area contributed by atoms with E-state index in [1.807, 2.05) is 54.3 Å². The van der Waals surface area contributed by atoms with E-state index < -0.39 is 0 Å². The summed E-state index contributed by atoms with van der Waals surface area (Å²) in [5.74, 6) is 2.69. The van der Waals surface area contributed by atoms with Gasteiger partial charge in [0.05, 0.1) is 11.8 Å². The molecule has 2 heterocycles. The van der Waals surface area contributed by atoms with Crippen LogP contribution in [-0.4, -0.2) is 48.8 Å². The topological polar surface area (TPSA) is 67.9 Å². The predicted octanol–water partition coefficient (Wildman–Crippen LogP) is 3.80. The molecule has 0 bridgehead atoms. The molecule has 7 heteroatoms. The molecule has 1 N–H and O–H groups in total. The highest BCUT2D eigenvalue weighted by Crippen LogP contribution is 2.32. The highest BCUT2D eigenvalue weighted by Gasteiger charge is 2.19. The van der Waals surface area contributed by atoms with Crippen LogP contribution in [0.2, 0.25) is 0 Å². The van der Waals surface area contributed by atoms with Gasteiger partial charge in [0.15, 0.2) is 11.5 Å². The second-order valence-electron chi connectivity index (χ2n) is 7.88. The monoisotopic (exact) mass is 440 g/mol. The normalized spacial score (nSPS) is 16.1. The third-order valence-corrected chi connectivity index (χ3v) is 6.54. The largest absolute Gasteiger partial charge is 0.486 e. The van der Waals surface area contributed by atoms with Gasteiger partial charge >= 0.3 is 0 Å². The highest BCUT2D eigenvalue weighted by atomic mass is 32.2. The quantitative estimate of drug-likeness (QED) is 0.709. The van der Waals surface area contributed by atoms with Crippen molar-refractivity contribution >= 4 is 23.6 Å². The summed E-state index contributed by atoms with van der Waals surface area (Å²) in [7, 11) is 0. The second kappa shape index (κ2) is 10.1. The maximum absolute atomic E-state index is 12.4. The molecule has 1 atom stereocenters. The molecule has 2 aliphatic heterocycles. The van der Waals surface area contributed by atoms with Gasteiger partial charge in [-0.2, -0.15) is 0 Å². The number of rotatable bonds is 7. The number of hydrogen-bond donors (Lipinski definition) is 1. The predicted molar refractivity (Wildman–Crippen MR) is 122 cm³/mol. The lowest BCUT2D eigenvalue weighted by Crippen LogP contribution is -2.28. The van der Waals surface area contributed by atoms with Gasteiger partial charge in [-0.05, 0) is 55.2 Å². The van der Waals surface area contributed by atoms with Crippen molar-refractivity contribution < 1.29 is 19.1 Å². The van der Waals surface area contributed by atoms with Crippen molar-refractivity contribution in [1.82, 2.24) is 10.2 Å². The molecule has 31 heavy (non-hydrogen) atoms. The van der Waals surface area contributed by atoms with Crippen LogP contribution >= 0.6 is 11.8 Å². The lowest BCUT2D eigenvalue weighted by atomic mass is 10.1. The second-order valence-corrected chi connectivity index (χ2v) is 8.87. The van der Waals surface area contributed by atoms with Gasteiger partial charge in [0.1, 0.15) is 13.2 Å². The number of amides is 2. The lowest BCUT2D eigenvalue weighted by Gasteiger charge is -2.21. The van der Waals surface area contributed by atoms with Crippen molar-refractivity contribution in [3.8, 4) is 11.5 Å². The van der Waals surface area contributed by atoms with Crippen molar-refractivity contribution in [2.45, 2.75) is 31.6 Å². The van der Waals surface area contributed by atoms with Crippen molar-refractivity contribution in [3.63, 3.8) is 0 Å². The average Bonchev–Trinajstić information content (AvgIpc) is 3.34. The molecule has 1 fully saturated rings. The summed E-state index contributed by atoms with van der Waals surface area (Å²) in [6.07, 6.45) is 2.19. The van der Waals surface area contributed by atoms with Gasteiger partial charge < -0.3 is 19.7 Å². The Hall–Kier alpha value is -2.67. The summed E-state index contributed by atoms with van der Waals surface area (Å²) in [6, 6.07) is 13.4. The Morgan fingerprint density at radius 1 is 1.03 bits per heavy atom. The zero-order valence-electron chi connectivity index (χ0n) is 17.8. The van der Waals surface area contributed by atoms with E-state index in [2.05, 4.69) is 5.32 Å². The summed E-state index contributed by atoms with van der Waals surface area (Å²) < 4.78 is 11.2. The van der Waals surface area contributed by atoms with E-state index in [1.54, 1.807) is 11.8 Å². The molecule has 2 amide bonds. The van der Waals surface area contributed by atoms with Gasteiger partial charge in [-0.3, -0.25) is 9.59 Å². The maximum Gasteiger partial charge on any atom is 0.253 e. The minimum absolute atomic E-state index is 0.00628. The minimum Gasteiger partial charge on any atom is -0.486 e. The number of carbonyl (C=O) groups is 2. The van der Waals surface area contributed by atoms with Gasteiger partial charge in [-0.25, -0.2) is 0 Å². The Morgan fingerprint density at radius 2 is 1.74 bits per heavy atom. The van der Waals surface area contributed by atoms with Gasteiger partial charge in [-0.1, -0.05) is 18.2 Å². The molecular weight excluding hydrogens is 412 g/mol. The fourth-order valence-electron chi connectivity index (χ4n) is 3.80. The maximum atomic E-state index is 12.4.